The van der Waals surface area contributed by atoms with Crippen LogP contribution < -0.4 is 5.32 Å². The maximum absolute atomic E-state index is 5.68. The number of furan rings is 1. The van der Waals surface area contributed by atoms with E-state index in [9.17, 15) is 0 Å². The Bertz CT molecular complexity index is 686. The number of nitrogens with one attached hydrogen (secondary N) is 1. The third kappa shape index (κ3) is 4.12. The molecule has 2 aromatic heterocycles. The third-order valence-corrected chi connectivity index (χ3v) is 5.27. The summed E-state index contributed by atoms with van der Waals surface area (Å²) in [5.41, 5.74) is 2.60. The molecule has 0 saturated heterocycles. The molecular weight excluding hydrogens is 302 g/mol. The van der Waals surface area contributed by atoms with Gasteiger partial charge in [-0.25, -0.2) is 0 Å². The Morgan fingerprint density at radius 1 is 1.09 bits per heavy atom. The molecular formula is C20H23NOS. The van der Waals surface area contributed by atoms with Crippen LogP contribution in [0.15, 0.2) is 64.6 Å². The predicted octanol–water partition coefficient (Wildman–Crippen LogP) is 5.52. The van der Waals surface area contributed by atoms with Crippen molar-refractivity contribution in [1.82, 2.24) is 5.32 Å². The molecule has 0 amide bonds. The Labute approximate surface area is 142 Å². The van der Waals surface area contributed by atoms with Crippen molar-refractivity contribution in [1.29, 1.82) is 0 Å². The van der Waals surface area contributed by atoms with E-state index in [1.54, 1.807) is 17.6 Å². The van der Waals surface area contributed by atoms with E-state index in [1.807, 2.05) is 6.07 Å². The highest BCUT2D eigenvalue weighted by Gasteiger charge is 2.17. The van der Waals surface area contributed by atoms with Gasteiger partial charge in [0.1, 0.15) is 5.76 Å². The van der Waals surface area contributed by atoms with Gasteiger partial charge in [-0.05, 0) is 56.0 Å². The zero-order valence-electron chi connectivity index (χ0n) is 13.7. The molecule has 120 valence electrons. The maximum atomic E-state index is 5.68. The SMILES string of the molecule is Cc1ccc([C@H](CCN[C@@H](C)c2cccs2)c2ccco2)cc1. The molecule has 1 aromatic carbocycles. The largest absolute Gasteiger partial charge is 0.469 e. The van der Waals surface area contributed by atoms with Crippen molar-refractivity contribution in [2.24, 2.45) is 0 Å². The van der Waals surface area contributed by atoms with Crippen molar-refractivity contribution in [3.05, 3.63) is 81.9 Å². The van der Waals surface area contributed by atoms with Crippen molar-refractivity contribution < 1.29 is 4.42 Å². The topological polar surface area (TPSA) is 25.2 Å². The summed E-state index contributed by atoms with van der Waals surface area (Å²) in [5.74, 6) is 1.34. The van der Waals surface area contributed by atoms with E-state index in [0.29, 0.717) is 12.0 Å². The molecule has 0 fully saturated rings. The second-order valence-electron chi connectivity index (χ2n) is 5.96. The maximum Gasteiger partial charge on any atom is 0.111 e. The average molecular weight is 325 g/mol. The fraction of sp³-hybridized carbons (Fsp3) is 0.300. The van der Waals surface area contributed by atoms with Crippen LogP contribution in [0.25, 0.3) is 0 Å². The van der Waals surface area contributed by atoms with Crippen molar-refractivity contribution >= 4 is 11.3 Å². The van der Waals surface area contributed by atoms with E-state index < -0.39 is 0 Å². The van der Waals surface area contributed by atoms with Crippen molar-refractivity contribution in [2.75, 3.05) is 6.54 Å². The number of hydrogen-bond donors (Lipinski definition) is 1. The van der Waals surface area contributed by atoms with Gasteiger partial charge in [0.15, 0.2) is 0 Å². The highest BCUT2D eigenvalue weighted by molar-refractivity contribution is 7.10. The van der Waals surface area contributed by atoms with Crippen LogP contribution in [0.3, 0.4) is 0 Å². The molecule has 2 atom stereocenters. The van der Waals surface area contributed by atoms with E-state index in [1.165, 1.54) is 16.0 Å². The lowest BCUT2D eigenvalue weighted by Crippen LogP contribution is -2.21. The summed E-state index contributed by atoms with van der Waals surface area (Å²) in [6.45, 7) is 5.30. The molecule has 0 spiro atoms. The van der Waals surface area contributed by atoms with Crippen molar-refractivity contribution in [3.8, 4) is 0 Å². The lowest BCUT2D eigenvalue weighted by molar-refractivity contribution is 0.458. The number of hydrogen-bond acceptors (Lipinski definition) is 3. The first-order valence-electron chi connectivity index (χ1n) is 8.11. The molecule has 2 heterocycles. The van der Waals surface area contributed by atoms with Crippen LogP contribution in [0.1, 0.15) is 47.1 Å². The number of aryl methyl sites for hydroxylation is 1. The molecule has 23 heavy (non-hydrogen) atoms. The van der Waals surface area contributed by atoms with Gasteiger partial charge in [-0.1, -0.05) is 35.9 Å². The first kappa shape index (κ1) is 16.0. The summed E-state index contributed by atoms with van der Waals surface area (Å²) in [6, 6.07) is 17.5. The molecule has 3 heteroatoms. The Balaban J connectivity index is 1.66. The minimum absolute atomic E-state index is 0.300. The smallest absolute Gasteiger partial charge is 0.111 e. The molecule has 0 bridgehead atoms. The molecule has 0 unspecified atom stereocenters. The second-order valence-corrected chi connectivity index (χ2v) is 6.94. The summed E-state index contributed by atoms with van der Waals surface area (Å²) < 4.78 is 5.68. The van der Waals surface area contributed by atoms with Gasteiger partial charge in [0.2, 0.25) is 0 Å². The molecule has 0 radical (unpaired) electrons. The molecule has 0 saturated carbocycles. The zero-order valence-corrected chi connectivity index (χ0v) is 14.5. The lowest BCUT2D eigenvalue weighted by Gasteiger charge is -2.18. The van der Waals surface area contributed by atoms with Crippen LogP contribution in [-0.2, 0) is 0 Å². The van der Waals surface area contributed by atoms with Gasteiger partial charge in [-0.2, -0.15) is 0 Å². The molecule has 3 aromatic rings. The van der Waals surface area contributed by atoms with Gasteiger partial charge in [-0.3, -0.25) is 0 Å². The molecule has 0 aliphatic heterocycles. The molecule has 0 aliphatic rings. The first-order chi connectivity index (χ1) is 11.2. The minimum atomic E-state index is 0.300. The van der Waals surface area contributed by atoms with Gasteiger partial charge in [0.05, 0.1) is 6.26 Å². The van der Waals surface area contributed by atoms with Crippen LogP contribution in [0, 0.1) is 6.92 Å². The highest BCUT2D eigenvalue weighted by Crippen LogP contribution is 2.29. The monoisotopic (exact) mass is 325 g/mol. The predicted molar refractivity (Wildman–Crippen MR) is 97.1 cm³/mol. The van der Waals surface area contributed by atoms with Crippen molar-refractivity contribution in [3.63, 3.8) is 0 Å². The number of rotatable bonds is 7. The van der Waals surface area contributed by atoms with Crippen LogP contribution in [0.5, 0.6) is 0 Å². The molecule has 2 nitrogen and oxygen atoms in total. The van der Waals surface area contributed by atoms with Gasteiger partial charge < -0.3 is 9.73 Å². The third-order valence-electron chi connectivity index (χ3n) is 4.22. The first-order valence-corrected chi connectivity index (χ1v) is 8.99. The van der Waals surface area contributed by atoms with Crippen LogP contribution >= 0.6 is 11.3 Å². The Kier molecular flexibility index (Phi) is 5.31. The van der Waals surface area contributed by atoms with Gasteiger partial charge in [0, 0.05) is 16.8 Å². The quantitative estimate of drug-likeness (QED) is 0.618. The van der Waals surface area contributed by atoms with E-state index >= 15 is 0 Å². The molecule has 3 rings (SSSR count). The standard InChI is InChI=1S/C20H23NOS/c1-15-7-9-17(10-8-15)18(19-5-3-13-22-19)11-12-21-16(2)20-6-4-14-23-20/h3-10,13-14,16,18,21H,11-12H2,1-2H3/t16-,18-/m0/s1. The Morgan fingerprint density at radius 3 is 2.57 bits per heavy atom. The summed E-state index contributed by atoms with van der Waals surface area (Å²) in [4.78, 5) is 1.38. The minimum Gasteiger partial charge on any atom is -0.469 e. The van der Waals surface area contributed by atoms with E-state index in [0.717, 1.165) is 18.7 Å². The molecule has 0 aliphatic carbocycles. The van der Waals surface area contributed by atoms with Crippen LogP contribution in [0.2, 0.25) is 0 Å². The lowest BCUT2D eigenvalue weighted by atomic mass is 9.92. The van der Waals surface area contributed by atoms with Crippen LogP contribution in [-0.4, -0.2) is 6.54 Å². The fourth-order valence-electron chi connectivity index (χ4n) is 2.84. The van der Waals surface area contributed by atoms with Crippen molar-refractivity contribution in [2.45, 2.75) is 32.2 Å². The summed E-state index contributed by atoms with van der Waals surface area (Å²) in [6.07, 6.45) is 2.78. The Morgan fingerprint density at radius 2 is 1.91 bits per heavy atom. The van der Waals surface area contributed by atoms with E-state index in [2.05, 4.69) is 67.0 Å². The number of thiophene rings is 1. The zero-order chi connectivity index (χ0) is 16.1. The summed E-state index contributed by atoms with van der Waals surface area (Å²) in [5, 5.41) is 5.76. The summed E-state index contributed by atoms with van der Waals surface area (Å²) >= 11 is 1.80. The van der Waals surface area contributed by atoms with Gasteiger partial charge in [0.25, 0.3) is 0 Å². The van der Waals surface area contributed by atoms with Crippen LogP contribution in [0.4, 0.5) is 0 Å². The van der Waals surface area contributed by atoms with E-state index in [4.69, 9.17) is 4.42 Å². The van der Waals surface area contributed by atoms with E-state index in [-0.39, 0.29) is 0 Å². The summed E-state index contributed by atoms with van der Waals surface area (Å²) in [7, 11) is 0. The normalized spacial score (nSPS) is 13.8. The fourth-order valence-corrected chi connectivity index (χ4v) is 3.60. The second kappa shape index (κ2) is 7.62. The highest BCUT2D eigenvalue weighted by atomic mass is 32.1. The molecule has 1 N–H and O–H groups in total. The van der Waals surface area contributed by atoms with Gasteiger partial charge in [-0.15, -0.1) is 11.3 Å². The van der Waals surface area contributed by atoms with Gasteiger partial charge >= 0.3 is 0 Å². The number of benzene rings is 1. The Hall–Kier alpha value is -1.84. The average Bonchev–Trinajstić information content (AvgIpc) is 3.26.